The summed E-state index contributed by atoms with van der Waals surface area (Å²) in [4.78, 5) is 12.3. The van der Waals surface area contributed by atoms with Crippen molar-refractivity contribution in [3.05, 3.63) is 41.5 Å². The maximum atomic E-state index is 12.1. The number of carbonyl (C=O) groups is 1. The summed E-state index contributed by atoms with van der Waals surface area (Å²) in [6, 6.07) is 5.05. The Kier molecular flexibility index (Phi) is 5.87. The van der Waals surface area contributed by atoms with Crippen molar-refractivity contribution in [1.82, 2.24) is 5.32 Å². The number of nitrogens with one attached hydrogen (secondary N) is 1. The van der Waals surface area contributed by atoms with Crippen LogP contribution in [0.4, 0.5) is 0 Å². The zero-order valence-corrected chi connectivity index (χ0v) is 14.5. The fourth-order valence-corrected chi connectivity index (χ4v) is 3.79. The summed E-state index contributed by atoms with van der Waals surface area (Å²) in [7, 11) is -2.19. The van der Waals surface area contributed by atoms with Crippen molar-refractivity contribution in [3.63, 3.8) is 0 Å². The number of methoxy groups -OCH3 is 1. The van der Waals surface area contributed by atoms with Crippen LogP contribution < -0.4 is 11.1 Å². The van der Waals surface area contributed by atoms with Crippen LogP contribution in [-0.2, 0) is 26.0 Å². The maximum absolute atomic E-state index is 12.1. The number of amides is 1. The van der Waals surface area contributed by atoms with Gasteiger partial charge < -0.3 is 15.8 Å². The molecule has 1 aromatic rings. The van der Waals surface area contributed by atoms with Gasteiger partial charge in [-0.1, -0.05) is 24.3 Å². The van der Waals surface area contributed by atoms with Gasteiger partial charge in [0.15, 0.2) is 0 Å². The van der Waals surface area contributed by atoms with Gasteiger partial charge in [0.2, 0.25) is 5.91 Å². The van der Waals surface area contributed by atoms with Crippen LogP contribution in [0.3, 0.4) is 0 Å². The first-order valence-corrected chi connectivity index (χ1v) is 8.93. The van der Waals surface area contributed by atoms with Crippen LogP contribution in [0.25, 0.3) is 0 Å². The van der Waals surface area contributed by atoms with Crippen LogP contribution in [0.1, 0.15) is 18.1 Å². The number of rotatable bonds is 7. The van der Waals surface area contributed by atoms with E-state index in [4.69, 9.17) is 10.5 Å². The predicted octanol–water partition coefficient (Wildman–Crippen LogP) is 0.387. The first kappa shape index (κ1) is 18.3. The van der Waals surface area contributed by atoms with Crippen LogP contribution >= 0.6 is 0 Å². The van der Waals surface area contributed by atoms with E-state index in [1.165, 1.54) is 7.11 Å². The second-order valence-corrected chi connectivity index (χ2v) is 6.94. The molecule has 1 aliphatic heterocycles. The summed E-state index contributed by atoms with van der Waals surface area (Å²) < 4.78 is 32.9. The summed E-state index contributed by atoms with van der Waals surface area (Å²) in [6.45, 7) is 2.43. The molecule has 24 heavy (non-hydrogen) atoms. The van der Waals surface area contributed by atoms with E-state index in [2.05, 4.69) is 9.71 Å². The van der Waals surface area contributed by atoms with Crippen molar-refractivity contribution < 1.29 is 17.9 Å². The molecule has 0 aromatic heterocycles. The van der Waals surface area contributed by atoms with E-state index in [1.807, 2.05) is 0 Å². The monoisotopic (exact) mass is 351 g/mol. The Morgan fingerprint density at radius 3 is 2.83 bits per heavy atom. The van der Waals surface area contributed by atoms with Crippen molar-refractivity contribution >= 4 is 21.6 Å². The van der Waals surface area contributed by atoms with Gasteiger partial charge >= 0.3 is 0 Å². The van der Waals surface area contributed by atoms with Crippen LogP contribution in [0, 0.1) is 0 Å². The van der Waals surface area contributed by atoms with E-state index in [9.17, 15) is 13.2 Å². The van der Waals surface area contributed by atoms with Gasteiger partial charge in [0.1, 0.15) is 6.10 Å². The Hall–Kier alpha value is -2.03. The minimum absolute atomic E-state index is 0.179. The lowest BCUT2D eigenvalue weighted by atomic mass is 10.0. The van der Waals surface area contributed by atoms with E-state index in [0.717, 1.165) is 0 Å². The number of fused-ring (bicyclic) bond motifs is 1. The lowest BCUT2D eigenvalue weighted by Gasteiger charge is -2.15. The molecule has 3 N–H and O–H groups in total. The van der Waals surface area contributed by atoms with Crippen molar-refractivity contribution in [2.45, 2.75) is 24.3 Å². The molecule has 0 saturated carbocycles. The van der Waals surface area contributed by atoms with Gasteiger partial charge in [0, 0.05) is 32.2 Å². The van der Waals surface area contributed by atoms with E-state index in [0.29, 0.717) is 29.9 Å². The van der Waals surface area contributed by atoms with Gasteiger partial charge in [-0.3, -0.25) is 4.79 Å². The number of nitrogens with zero attached hydrogens (tertiary/aromatic N) is 1. The second-order valence-electron chi connectivity index (χ2n) is 5.36. The van der Waals surface area contributed by atoms with E-state index in [-0.39, 0.29) is 17.2 Å². The number of nitrogens with two attached hydrogens (primary N) is 1. The molecule has 0 aliphatic carbocycles. The van der Waals surface area contributed by atoms with Gasteiger partial charge in [-0.2, -0.15) is 12.8 Å². The first-order chi connectivity index (χ1) is 11.4. The molecule has 1 atom stereocenters. The lowest BCUT2D eigenvalue weighted by Crippen LogP contribution is -2.37. The maximum Gasteiger partial charge on any atom is 0.283 e. The molecular formula is C16H21N3O4S. The predicted molar refractivity (Wildman–Crippen MR) is 91.5 cm³/mol. The van der Waals surface area contributed by atoms with Crippen molar-refractivity contribution in [1.29, 1.82) is 0 Å². The Morgan fingerprint density at radius 1 is 1.42 bits per heavy atom. The number of ether oxygens (including phenoxy) is 1. The molecule has 130 valence electrons. The average molecular weight is 351 g/mol. The number of carbonyl (C=O) groups excluding carboxylic acids is 1. The standard InChI is InChI=1S/C16H21N3O4S/c1-11-13-6-5-12(10-15(13)24(21,22)19-11)9-14(23-2)16(20)18-8-4-3-7-17/h3-6,10,14H,7-9,17H2,1-2H3,(H,18,20)/b4-3+. The van der Waals surface area contributed by atoms with Crippen molar-refractivity contribution in [2.75, 3.05) is 20.2 Å². The molecule has 0 saturated heterocycles. The summed E-state index contributed by atoms with van der Waals surface area (Å²) in [6.07, 6.45) is 3.06. The summed E-state index contributed by atoms with van der Waals surface area (Å²) in [5.74, 6) is -0.269. The van der Waals surface area contributed by atoms with Gasteiger partial charge in [0.25, 0.3) is 10.0 Å². The highest BCUT2D eigenvalue weighted by Gasteiger charge is 2.27. The Labute approximate surface area is 141 Å². The number of benzene rings is 1. The van der Waals surface area contributed by atoms with Crippen molar-refractivity contribution in [3.8, 4) is 0 Å². The van der Waals surface area contributed by atoms with Gasteiger partial charge in [-0.25, -0.2) is 0 Å². The fraction of sp³-hybridized carbons (Fsp3) is 0.375. The molecule has 1 amide bonds. The highest BCUT2D eigenvalue weighted by Crippen LogP contribution is 2.27. The molecule has 2 rings (SSSR count). The molecule has 0 radical (unpaired) electrons. The Bertz CT molecular complexity index is 785. The summed E-state index contributed by atoms with van der Waals surface area (Å²) in [5.41, 5.74) is 7.10. The zero-order chi connectivity index (χ0) is 17.7. The smallest absolute Gasteiger partial charge is 0.283 e. The third-order valence-corrected chi connectivity index (χ3v) is 5.07. The molecule has 8 heteroatoms. The molecule has 1 aliphatic rings. The van der Waals surface area contributed by atoms with E-state index < -0.39 is 16.1 Å². The summed E-state index contributed by atoms with van der Waals surface area (Å²) in [5, 5.41) is 2.72. The Balaban J connectivity index is 2.10. The molecule has 0 fully saturated rings. The zero-order valence-electron chi connectivity index (χ0n) is 13.7. The van der Waals surface area contributed by atoms with Gasteiger partial charge in [0.05, 0.1) is 10.6 Å². The van der Waals surface area contributed by atoms with Crippen LogP contribution in [0.5, 0.6) is 0 Å². The quantitative estimate of drug-likeness (QED) is 0.690. The third kappa shape index (κ3) is 4.08. The topological polar surface area (TPSA) is 111 Å². The minimum atomic E-state index is -3.63. The number of hydrogen-bond acceptors (Lipinski definition) is 5. The summed E-state index contributed by atoms with van der Waals surface area (Å²) >= 11 is 0. The molecule has 0 spiro atoms. The molecule has 1 unspecified atom stereocenters. The minimum Gasteiger partial charge on any atom is -0.371 e. The second kappa shape index (κ2) is 7.69. The van der Waals surface area contributed by atoms with Crippen LogP contribution in [-0.4, -0.2) is 46.3 Å². The van der Waals surface area contributed by atoms with Crippen LogP contribution in [0.15, 0.2) is 39.6 Å². The van der Waals surface area contributed by atoms with E-state index >= 15 is 0 Å². The van der Waals surface area contributed by atoms with Crippen LogP contribution in [0.2, 0.25) is 0 Å². The largest absolute Gasteiger partial charge is 0.371 e. The van der Waals surface area contributed by atoms with Gasteiger partial charge in [-0.15, -0.1) is 0 Å². The third-order valence-electron chi connectivity index (χ3n) is 3.67. The number of sulfonamides is 1. The fourth-order valence-electron chi connectivity index (χ4n) is 2.43. The molecule has 1 heterocycles. The molecular weight excluding hydrogens is 330 g/mol. The normalized spacial score (nSPS) is 16.7. The highest BCUT2D eigenvalue weighted by molar-refractivity contribution is 7.90. The first-order valence-electron chi connectivity index (χ1n) is 7.49. The average Bonchev–Trinajstić information content (AvgIpc) is 2.78. The number of hydrogen-bond donors (Lipinski definition) is 2. The van der Waals surface area contributed by atoms with Crippen molar-refractivity contribution in [2.24, 2.45) is 10.1 Å². The van der Waals surface area contributed by atoms with Gasteiger partial charge in [-0.05, 0) is 18.6 Å². The SMILES string of the molecule is COC(Cc1ccc2c(c1)S(=O)(=O)N=C2C)C(=O)NC/C=C/CN. The Morgan fingerprint density at radius 2 is 2.17 bits per heavy atom. The molecule has 7 nitrogen and oxygen atoms in total. The highest BCUT2D eigenvalue weighted by atomic mass is 32.2. The molecule has 1 aromatic carbocycles. The van der Waals surface area contributed by atoms with E-state index in [1.54, 1.807) is 37.3 Å². The molecule has 0 bridgehead atoms. The lowest BCUT2D eigenvalue weighted by molar-refractivity contribution is -0.130.